The van der Waals surface area contributed by atoms with Gasteiger partial charge in [-0.15, -0.1) is 0 Å². The summed E-state index contributed by atoms with van der Waals surface area (Å²) in [5.74, 6) is 1.27. The number of ether oxygens (including phenoxy) is 3. The van der Waals surface area contributed by atoms with Crippen molar-refractivity contribution in [1.29, 1.82) is 0 Å². The maximum atomic E-state index is 12.1. The quantitative estimate of drug-likeness (QED) is 0.628. The zero-order valence-corrected chi connectivity index (χ0v) is 12.0. The molecule has 21 heavy (non-hydrogen) atoms. The van der Waals surface area contributed by atoms with Gasteiger partial charge in [-0.25, -0.2) is 4.79 Å². The first-order chi connectivity index (χ1) is 10.1. The van der Waals surface area contributed by atoms with Crippen LogP contribution in [-0.2, 0) is 4.79 Å². The number of aryl methyl sites for hydroxylation is 2. The van der Waals surface area contributed by atoms with Gasteiger partial charge >= 0.3 is 5.97 Å². The van der Waals surface area contributed by atoms with Crippen molar-refractivity contribution in [2.24, 2.45) is 0 Å². The van der Waals surface area contributed by atoms with Crippen LogP contribution < -0.4 is 14.2 Å². The van der Waals surface area contributed by atoms with Gasteiger partial charge in [-0.05, 0) is 49.2 Å². The highest BCUT2D eigenvalue weighted by Crippen LogP contribution is 2.31. The van der Waals surface area contributed by atoms with Crippen LogP contribution in [0, 0.1) is 13.8 Å². The maximum Gasteiger partial charge on any atom is 0.356 e. The summed E-state index contributed by atoms with van der Waals surface area (Å²) in [6.07, 6.45) is -0.749. The van der Waals surface area contributed by atoms with E-state index in [0.717, 1.165) is 11.1 Å². The van der Waals surface area contributed by atoms with Gasteiger partial charge in [-0.1, -0.05) is 18.2 Å². The molecular weight excluding hydrogens is 268 g/mol. The fourth-order valence-corrected chi connectivity index (χ4v) is 2.09. The fraction of sp³-hybridized carbons (Fsp3) is 0.235. The van der Waals surface area contributed by atoms with Crippen LogP contribution in [0.4, 0.5) is 0 Å². The fourth-order valence-electron chi connectivity index (χ4n) is 2.09. The Morgan fingerprint density at radius 2 is 1.86 bits per heavy atom. The second-order valence-electron chi connectivity index (χ2n) is 5.03. The topological polar surface area (TPSA) is 44.8 Å². The lowest BCUT2D eigenvalue weighted by Crippen LogP contribution is -2.39. The normalized spacial score (nSPS) is 16.4. The molecule has 0 saturated carbocycles. The van der Waals surface area contributed by atoms with Crippen LogP contribution in [0.1, 0.15) is 11.1 Å². The SMILES string of the molecule is Cc1ccc(OC(=O)[C@H]2COc3ccccc3O2)cc1C. The minimum Gasteiger partial charge on any atom is -0.485 e. The summed E-state index contributed by atoms with van der Waals surface area (Å²) in [6, 6.07) is 12.8. The van der Waals surface area contributed by atoms with Crippen LogP contribution in [0.2, 0.25) is 0 Å². The van der Waals surface area contributed by atoms with Gasteiger partial charge in [0, 0.05) is 0 Å². The lowest BCUT2D eigenvalue weighted by Gasteiger charge is -2.24. The van der Waals surface area contributed by atoms with Gasteiger partial charge in [0.2, 0.25) is 6.10 Å². The number of rotatable bonds is 2. The monoisotopic (exact) mass is 284 g/mol. The van der Waals surface area contributed by atoms with Crippen molar-refractivity contribution in [2.45, 2.75) is 20.0 Å². The van der Waals surface area contributed by atoms with E-state index in [2.05, 4.69) is 0 Å². The van der Waals surface area contributed by atoms with Crippen LogP contribution in [0.15, 0.2) is 42.5 Å². The number of para-hydroxylation sites is 2. The van der Waals surface area contributed by atoms with Crippen molar-refractivity contribution in [1.82, 2.24) is 0 Å². The van der Waals surface area contributed by atoms with Crippen molar-refractivity contribution >= 4 is 5.97 Å². The van der Waals surface area contributed by atoms with Crippen molar-refractivity contribution in [2.75, 3.05) is 6.61 Å². The molecule has 108 valence electrons. The molecule has 1 aliphatic rings. The number of hydrogen-bond donors (Lipinski definition) is 0. The Morgan fingerprint density at radius 1 is 1.10 bits per heavy atom. The molecule has 0 aromatic heterocycles. The van der Waals surface area contributed by atoms with Crippen molar-refractivity contribution in [3.8, 4) is 17.2 Å². The third-order valence-electron chi connectivity index (χ3n) is 3.47. The molecule has 0 fully saturated rings. The van der Waals surface area contributed by atoms with Crippen LogP contribution >= 0.6 is 0 Å². The number of esters is 1. The first-order valence-corrected chi connectivity index (χ1v) is 6.81. The molecule has 0 spiro atoms. The second kappa shape index (κ2) is 5.48. The first kappa shape index (κ1) is 13.5. The summed E-state index contributed by atoms with van der Waals surface area (Å²) in [5, 5.41) is 0. The molecule has 0 bridgehead atoms. The number of carbonyl (C=O) groups excluding carboxylic acids is 1. The summed E-state index contributed by atoms with van der Waals surface area (Å²) in [7, 11) is 0. The molecule has 0 unspecified atom stereocenters. The van der Waals surface area contributed by atoms with E-state index in [1.807, 2.05) is 38.1 Å². The highest BCUT2D eigenvalue weighted by Gasteiger charge is 2.29. The number of benzene rings is 2. The van der Waals surface area contributed by atoms with E-state index in [1.54, 1.807) is 18.2 Å². The molecule has 4 heteroatoms. The molecule has 0 amide bonds. The smallest absolute Gasteiger partial charge is 0.356 e. The van der Waals surface area contributed by atoms with Crippen LogP contribution in [0.25, 0.3) is 0 Å². The van der Waals surface area contributed by atoms with Gasteiger partial charge in [0.1, 0.15) is 12.4 Å². The zero-order valence-electron chi connectivity index (χ0n) is 12.0. The lowest BCUT2D eigenvalue weighted by molar-refractivity contribution is -0.144. The van der Waals surface area contributed by atoms with Crippen LogP contribution in [-0.4, -0.2) is 18.7 Å². The number of fused-ring (bicyclic) bond motifs is 1. The van der Waals surface area contributed by atoms with Crippen molar-refractivity contribution < 1.29 is 19.0 Å². The highest BCUT2D eigenvalue weighted by atomic mass is 16.6. The van der Waals surface area contributed by atoms with E-state index in [4.69, 9.17) is 14.2 Å². The second-order valence-corrected chi connectivity index (χ2v) is 5.03. The van der Waals surface area contributed by atoms with Gasteiger partial charge in [-0.2, -0.15) is 0 Å². The standard InChI is InChI=1S/C17H16O4/c1-11-7-8-13(9-12(11)2)20-17(18)16-10-19-14-5-3-4-6-15(14)21-16/h3-9,16H,10H2,1-2H3/t16-/m1/s1. The van der Waals surface area contributed by atoms with E-state index in [-0.39, 0.29) is 6.61 Å². The van der Waals surface area contributed by atoms with E-state index in [9.17, 15) is 4.79 Å². The highest BCUT2D eigenvalue weighted by molar-refractivity contribution is 5.78. The van der Waals surface area contributed by atoms with Crippen molar-refractivity contribution in [3.63, 3.8) is 0 Å². The Bertz CT molecular complexity index is 678. The summed E-state index contributed by atoms with van der Waals surface area (Å²) in [5.41, 5.74) is 2.23. The van der Waals surface area contributed by atoms with E-state index >= 15 is 0 Å². The minimum absolute atomic E-state index is 0.153. The van der Waals surface area contributed by atoms with Gasteiger partial charge in [0.25, 0.3) is 0 Å². The molecule has 4 nitrogen and oxygen atoms in total. The molecular formula is C17H16O4. The van der Waals surface area contributed by atoms with Gasteiger partial charge in [-0.3, -0.25) is 0 Å². The Kier molecular flexibility index (Phi) is 3.52. The third kappa shape index (κ3) is 2.84. The number of carbonyl (C=O) groups is 1. The van der Waals surface area contributed by atoms with Gasteiger partial charge < -0.3 is 14.2 Å². The summed E-state index contributed by atoms with van der Waals surface area (Å²) < 4.78 is 16.5. The summed E-state index contributed by atoms with van der Waals surface area (Å²) in [4.78, 5) is 12.1. The molecule has 1 atom stereocenters. The molecule has 0 radical (unpaired) electrons. The van der Waals surface area contributed by atoms with Crippen LogP contribution in [0.3, 0.4) is 0 Å². The molecule has 1 aliphatic heterocycles. The number of hydrogen-bond acceptors (Lipinski definition) is 4. The Hall–Kier alpha value is -2.49. The van der Waals surface area contributed by atoms with E-state index < -0.39 is 12.1 Å². The molecule has 0 saturated heterocycles. The molecule has 1 heterocycles. The average Bonchev–Trinajstić information content (AvgIpc) is 2.50. The Morgan fingerprint density at radius 3 is 2.62 bits per heavy atom. The lowest BCUT2D eigenvalue weighted by atomic mass is 10.1. The molecule has 3 rings (SSSR count). The Balaban J connectivity index is 1.70. The minimum atomic E-state index is -0.749. The first-order valence-electron chi connectivity index (χ1n) is 6.81. The average molecular weight is 284 g/mol. The zero-order chi connectivity index (χ0) is 14.8. The largest absolute Gasteiger partial charge is 0.485 e. The van der Waals surface area contributed by atoms with Gasteiger partial charge in [0.15, 0.2) is 11.5 Å². The molecule has 0 aliphatic carbocycles. The third-order valence-corrected chi connectivity index (χ3v) is 3.47. The van der Waals surface area contributed by atoms with Gasteiger partial charge in [0.05, 0.1) is 0 Å². The molecule has 2 aromatic carbocycles. The molecule has 2 aromatic rings. The Labute approximate surface area is 123 Å². The van der Waals surface area contributed by atoms with Crippen LogP contribution in [0.5, 0.6) is 17.2 Å². The maximum absolute atomic E-state index is 12.1. The predicted octanol–water partition coefficient (Wildman–Crippen LogP) is 3.05. The van der Waals surface area contributed by atoms with Crippen molar-refractivity contribution in [3.05, 3.63) is 53.6 Å². The summed E-state index contributed by atoms with van der Waals surface area (Å²) in [6.45, 7) is 4.14. The molecule has 0 N–H and O–H groups in total. The van der Waals surface area contributed by atoms with E-state index in [0.29, 0.717) is 17.2 Å². The predicted molar refractivity (Wildman–Crippen MR) is 77.9 cm³/mol. The van der Waals surface area contributed by atoms with E-state index in [1.165, 1.54) is 0 Å². The summed E-state index contributed by atoms with van der Waals surface area (Å²) >= 11 is 0.